The second-order valence-corrected chi connectivity index (χ2v) is 4.84. The Hall–Kier alpha value is -1.84. The lowest BCUT2D eigenvalue weighted by molar-refractivity contribution is -0.120. The van der Waals surface area contributed by atoms with Gasteiger partial charge in [-0.1, -0.05) is 38.8 Å². The maximum Gasteiger partial charge on any atom is 0.229 e. The van der Waals surface area contributed by atoms with Gasteiger partial charge in [-0.15, -0.1) is 0 Å². The number of nitrogens with zero attached hydrogens (tertiary/aromatic N) is 1. The molecule has 0 spiro atoms. The minimum Gasteiger partial charge on any atom is -0.324 e. The molecule has 0 bridgehead atoms. The van der Waals surface area contributed by atoms with Crippen LogP contribution in [0.2, 0.25) is 0 Å². The van der Waals surface area contributed by atoms with Crippen molar-refractivity contribution in [2.75, 3.05) is 5.32 Å². The second-order valence-electron chi connectivity index (χ2n) is 4.84. The fourth-order valence-corrected chi connectivity index (χ4v) is 2.20. The molecule has 1 unspecified atom stereocenters. The number of para-hydroxylation sites is 2. The van der Waals surface area contributed by atoms with Crippen LogP contribution < -0.4 is 5.32 Å². The number of hydrogen-bond donors (Lipinski definition) is 2. The summed E-state index contributed by atoms with van der Waals surface area (Å²) < 4.78 is 0. The van der Waals surface area contributed by atoms with Gasteiger partial charge >= 0.3 is 0 Å². The number of aromatic nitrogens is 2. The van der Waals surface area contributed by atoms with Crippen molar-refractivity contribution in [2.24, 2.45) is 5.92 Å². The van der Waals surface area contributed by atoms with Gasteiger partial charge in [-0.2, -0.15) is 0 Å². The maximum atomic E-state index is 12.2. The molecule has 1 aromatic carbocycles. The second kappa shape index (κ2) is 6.36. The molecule has 0 saturated heterocycles. The van der Waals surface area contributed by atoms with Crippen LogP contribution in [0.1, 0.15) is 39.5 Å². The monoisotopic (exact) mass is 259 g/mol. The fourth-order valence-electron chi connectivity index (χ4n) is 2.20. The van der Waals surface area contributed by atoms with Gasteiger partial charge in [0, 0.05) is 5.92 Å². The number of anilines is 1. The first-order chi connectivity index (χ1) is 9.24. The highest BCUT2D eigenvalue weighted by molar-refractivity contribution is 5.92. The van der Waals surface area contributed by atoms with E-state index in [-0.39, 0.29) is 11.8 Å². The summed E-state index contributed by atoms with van der Waals surface area (Å²) in [6.07, 6.45) is 4.02. The van der Waals surface area contributed by atoms with Crippen molar-refractivity contribution in [3.8, 4) is 0 Å². The molecule has 0 radical (unpaired) electrons. The molecule has 0 aliphatic carbocycles. The van der Waals surface area contributed by atoms with Gasteiger partial charge in [0.25, 0.3) is 0 Å². The molecule has 0 saturated carbocycles. The van der Waals surface area contributed by atoms with Crippen molar-refractivity contribution in [1.29, 1.82) is 0 Å². The van der Waals surface area contributed by atoms with Gasteiger partial charge in [-0.05, 0) is 25.0 Å². The zero-order chi connectivity index (χ0) is 13.7. The summed E-state index contributed by atoms with van der Waals surface area (Å²) in [6.45, 7) is 4.20. The Morgan fingerprint density at radius 3 is 2.84 bits per heavy atom. The molecule has 4 heteroatoms. The first-order valence-electron chi connectivity index (χ1n) is 7.00. The third-order valence-corrected chi connectivity index (χ3v) is 3.40. The highest BCUT2D eigenvalue weighted by Crippen LogP contribution is 2.17. The number of H-pyrrole nitrogens is 1. The number of carbonyl (C=O) groups excluding carboxylic acids is 1. The summed E-state index contributed by atoms with van der Waals surface area (Å²) in [4.78, 5) is 19.6. The van der Waals surface area contributed by atoms with Gasteiger partial charge in [-0.25, -0.2) is 4.98 Å². The lowest BCUT2D eigenvalue weighted by Crippen LogP contribution is -2.22. The van der Waals surface area contributed by atoms with Gasteiger partial charge in [-0.3, -0.25) is 10.1 Å². The van der Waals surface area contributed by atoms with Crippen LogP contribution in [-0.4, -0.2) is 15.9 Å². The fraction of sp³-hybridized carbons (Fsp3) is 0.467. The van der Waals surface area contributed by atoms with Crippen molar-refractivity contribution in [2.45, 2.75) is 39.5 Å². The first kappa shape index (κ1) is 13.6. The summed E-state index contributed by atoms with van der Waals surface area (Å²) in [6, 6.07) is 7.76. The van der Waals surface area contributed by atoms with E-state index in [9.17, 15) is 4.79 Å². The minimum absolute atomic E-state index is 0.0648. The van der Waals surface area contributed by atoms with Gasteiger partial charge < -0.3 is 4.98 Å². The van der Waals surface area contributed by atoms with E-state index in [0.717, 1.165) is 36.7 Å². The Morgan fingerprint density at radius 2 is 2.16 bits per heavy atom. The average Bonchev–Trinajstić information content (AvgIpc) is 2.81. The van der Waals surface area contributed by atoms with Crippen molar-refractivity contribution < 1.29 is 4.79 Å². The molecular formula is C15H21N3O. The molecule has 0 fully saturated rings. The molecule has 102 valence electrons. The molecular weight excluding hydrogens is 238 g/mol. The summed E-state index contributed by atoms with van der Waals surface area (Å²) in [5, 5.41) is 2.89. The summed E-state index contributed by atoms with van der Waals surface area (Å²) in [5.41, 5.74) is 1.82. The van der Waals surface area contributed by atoms with Crippen LogP contribution in [0.4, 0.5) is 5.95 Å². The molecule has 19 heavy (non-hydrogen) atoms. The van der Waals surface area contributed by atoms with E-state index in [1.54, 1.807) is 0 Å². The van der Waals surface area contributed by atoms with E-state index in [1.807, 2.05) is 24.3 Å². The number of amides is 1. The van der Waals surface area contributed by atoms with Crippen LogP contribution in [0, 0.1) is 5.92 Å². The van der Waals surface area contributed by atoms with Crippen molar-refractivity contribution >= 4 is 22.9 Å². The Morgan fingerprint density at radius 1 is 1.37 bits per heavy atom. The number of unbranched alkanes of at least 4 members (excludes halogenated alkanes) is 1. The van der Waals surface area contributed by atoms with E-state index in [1.165, 1.54) is 0 Å². The Labute approximate surface area is 113 Å². The first-order valence-corrected chi connectivity index (χ1v) is 7.00. The SMILES string of the molecule is CCCCC(CC)C(=O)Nc1nc2ccccc2[nH]1. The number of rotatable bonds is 6. The standard InChI is InChI=1S/C15H21N3O/c1-3-5-8-11(4-2)14(19)18-15-16-12-9-6-7-10-13(12)17-15/h6-7,9-11H,3-5,8H2,1-2H3,(H2,16,17,18,19). The number of aromatic amines is 1. The normalized spacial score (nSPS) is 12.5. The van der Waals surface area contributed by atoms with Crippen molar-refractivity contribution in [3.63, 3.8) is 0 Å². The zero-order valence-electron chi connectivity index (χ0n) is 11.6. The van der Waals surface area contributed by atoms with Gasteiger partial charge in [0.2, 0.25) is 11.9 Å². The predicted octanol–water partition coefficient (Wildman–Crippen LogP) is 3.72. The summed E-state index contributed by atoms with van der Waals surface area (Å²) >= 11 is 0. The van der Waals surface area contributed by atoms with E-state index in [4.69, 9.17) is 0 Å². The van der Waals surface area contributed by atoms with Crippen LogP contribution in [-0.2, 0) is 4.79 Å². The van der Waals surface area contributed by atoms with E-state index in [0.29, 0.717) is 5.95 Å². The molecule has 0 aliphatic rings. The molecule has 1 heterocycles. The Kier molecular flexibility index (Phi) is 4.55. The van der Waals surface area contributed by atoms with Gasteiger partial charge in [0.15, 0.2) is 0 Å². The molecule has 4 nitrogen and oxygen atoms in total. The largest absolute Gasteiger partial charge is 0.324 e. The number of hydrogen-bond acceptors (Lipinski definition) is 2. The topological polar surface area (TPSA) is 57.8 Å². The van der Waals surface area contributed by atoms with Crippen LogP contribution >= 0.6 is 0 Å². The molecule has 1 atom stereocenters. The number of benzene rings is 1. The van der Waals surface area contributed by atoms with Crippen molar-refractivity contribution in [3.05, 3.63) is 24.3 Å². The maximum absolute atomic E-state index is 12.2. The number of imidazole rings is 1. The van der Waals surface area contributed by atoms with E-state index < -0.39 is 0 Å². The number of nitrogens with one attached hydrogen (secondary N) is 2. The van der Waals surface area contributed by atoms with Crippen LogP contribution in [0.5, 0.6) is 0 Å². The van der Waals surface area contributed by atoms with E-state index in [2.05, 4.69) is 29.1 Å². The lowest BCUT2D eigenvalue weighted by Gasteiger charge is -2.12. The van der Waals surface area contributed by atoms with Crippen molar-refractivity contribution in [1.82, 2.24) is 9.97 Å². The van der Waals surface area contributed by atoms with Gasteiger partial charge in [0.1, 0.15) is 0 Å². The molecule has 2 rings (SSSR count). The highest BCUT2D eigenvalue weighted by atomic mass is 16.2. The van der Waals surface area contributed by atoms with Crippen LogP contribution in [0.3, 0.4) is 0 Å². The van der Waals surface area contributed by atoms with E-state index >= 15 is 0 Å². The minimum atomic E-state index is 0.0648. The third-order valence-electron chi connectivity index (χ3n) is 3.40. The Bertz CT molecular complexity index is 514. The number of carbonyl (C=O) groups is 1. The molecule has 1 amide bonds. The summed E-state index contributed by atoms with van der Waals surface area (Å²) in [7, 11) is 0. The molecule has 2 N–H and O–H groups in total. The zero-order valence-corrected chi connectivity index (χ0v) is 11.6. The lowest BCUT2D eigenvalue weighted by atomic mass is 9.99. The van der Waals surface area contributed by atoms with Gasteiger partial charge in [0.05, 0.1) is 11.0 Å². The predicted molar refractivity (Wildman–Crippen MR) is 78.0 cm³/mol. The Balaban J connectivity index is 2.04. The third kappa shape index (κ3) is 3.34. The van der Waals surface area contributed by atoms with Crippen LogP contribution in [0.25, 0.3) is 11.0 Å². The smallest absolute Gasteiger partial charge is 0.229 e. The highest BCUT2D eigenvalue weighted by Gasteiger charge is 2.17. The molecule has 2 aromatic rings. The number of fused-ring (bicyclic) bond motifs is 1. The summed E-state index contributed by atoms with van der Waals surface area (Å²) in [5.74, 6) is 0.685. The molecule has 0 aliphatic heterocycles. The average molecular weight is 259 g/mol. The van der Waals surface area contributed by atoms with Crippen LogP contribution in [0.15, 0.2) is 24.3 Å². The quantitative estimate of drug-likeness (QED) is 0.830. The molecule has 1 aromatic heterocycles.